The monoisotopic (exact) mass is 278 g/mol. The number of aromatic nitrogens is 4. The van der Waals surface area contributed by atoms with Gasteiger partial charge in [-0.25, -0.2) is 4.98 Å². The molecule has 2 aromatic heterocycles. The average Bonchev–Trinajstić information content (AvgIpc) is 3.00. The van der Waals surface area contributed by atoms with E-state index < -0.39 is 6.10 Å². The highest BCUT2D eigenvalue weighted by atomic mass is 16.3. The first-order valence-corrected chi connectivity index (χ1v) is 6.60. The molecular weight excluding hydrogens is 260 g/mol. The molecular formula is C12H18N6O2. The number of nitrogens with one attached hydrogen (secondary N) is 1. The van der Waals surface area contributed by atoms with Crippen LogP contribution in [0.4, 0.5) is 11.8 Å². The van der Waals surface area contributed by atoms with Crippen LogP contribution < -0.4 is 11.1 Å². The van der Waals surface area contributed by atoms with Crippen molar-refractivity contribution < 1.29 is 10.2 Å². The van der Waals surface area contributed by atoms with Gasteiger partial charge in [0.1, 0.15) is 0 Å². The quantitative estimate of drug-likeness (QED) is 0.611. The largest absolute Gasteiger partial charge is 0.396 e. The maximum Gasteiger partial charge on any atom is 0.224 e. The van der Waals surface area contributed by atoms with Crippen LogP contribution in [0.25, 0.3) is 11.2 Å². The van der Waals surface area contributed by atoms with E-state index in [2.05, 4.69) is 20.3 Å². The number of nitrogens with zero attached hydrogens (tertiary/aromatic N) is 4. The molecule has 2 heterocycles. The molecule has 3 rings (SSSR count). The summed E-state index contributed by atoms with van der Waals surface area (Å²) < 4.78 is 1.91. The summed E-state index contributed by atoms with van der Waals surface area (Å²) in [7, 11) is 1.75. The van der Waals surface area contributed by atoms with E-state index in [9.17, 15) is 10.2 Å². The predicted octanol–water partition coefficient (Wildman–Crippen LogP) is -0.246. The minimum atomic E-state index is -0.495. The van der Waals surface area contributed by atoms with Crippen LogP contribution >= 0.6 is 0 Å². The Kier molecular flexibility index (Phi) is 3.19. The molecule has 1 aliphatic rings. The molecule has 0 spiro atoms. The summed E-state index contributed by atoms with van der Waals surface area (Å²) >= 11 is 0. The van der Waals surface area contributed by atoms with E-state index in [1.165, 1.54) is 0 Å². The highest BCUT2D eigenvalue weighted by Crippen LogP contribution is 2.36. The van der Waals surface area contributed by atoms with Crippen molar-refractivity contribution in [1.82, 2.24) is 19.5 Å². The highest BCUT2D eigenvalue weighted by Gasteiger charge is 2.34. The number of nitrogen functional groups attached to an aromatic ring is 1. The maximum absolute atomic E-state index is 9.92. The Morgan fingerprint density at radius 1 is 1.45 bits per heavy atom. The molecule has 8 heteroatoms. The van der Waals surface area contributed by atoms with Gasteiger partial charge in [0, 0.05) is 25.6 Å². The van der Waals surface area contributed by atoms with E-state index in [4.69, 9.17) is 5.73 Å². The summed E-state index contributed by atoms with van der Waals surface area (Å²) in [6.45, 7) is -0.0107. The molecule has 0 radical (unpaired) electrons. The Labute approximate surface area is 115 Å². The van der Waals surface area contributed by atoms with Gasteiger partial charge in [0.05, 0.1) is 12.4 Å². The second-order valence-electron chi connectivity index (χ2n) is 5.14. The molecule has 8 nitrogen and oxygen atoms in total. The Hall–Kier alpha value is -1.93. The molecule has 1 unspecified atom stereocenters. The highest BCUT2D eigenvalue weighted by molar-refractivity contribution is 5.84. The molecule has 0 bridgehead atoms. The van der Waals surface area contributed by atoms with Crippen LogP contribution in [0, 0.1) is 5.92 Å². The number of rotatable bonds is 3. The number of nitrogens with two attached hydrogens (primary N) is 1. The van der Waals surface area contributed by atoms with Gasteiger partial charge in [-0.15, -0.1) is 0 Å². The summed E-state index contributed by atoms with van der Waals surface area (Å²) in [6, 6.07) is 0.0613. The number of aliphatic hydroxyl groups excluding tert-OH is 2. The molecule has 0 aliphatic heterocycles. The van der Waals surface area contributed by atoms with Gasteiger partial charge in [-0.1, -0.05) is 0 Å². The van der Waals surface area contributed by atoms with Gasteiger partial charge in [-0.05, 0) is 12.8 Å². The molecule has 1 saturated carbocycles. The minimum Gasteiger partial charge on any atom is -0.396 e. The molecule has 1 fully saturated rings. The predicted molar refractivity (Wildman–Crippen MR) is 74.1 cm³/mol. The third kappa shape index (κ3) is 1.97. The molecule has 1 aliphatic carbocycles. The SMILES string of the molecule is CNc1nc(N)nc2c1ncn2[C@@H]1CC(CO)[C@@H](O)C1. The Bertz CT molecular complexity index is 628. The first kappa shape index (κ1) is 13.1. The normalized spacial score (nSPS) is 26.2. The lowest BCUT2D eigenvalue weighted by atomic mass is 10.1. The second-order valence-corrected chi connectivity index (χ2v) is 5.14. The lowest BCUT2D eigenvalue weighted by Gasteiger charge is -2.12. The van der Waals surface area contributed by atoms with Gasteiger partial charge in [-0.3, -0.25) is 0 Å². The fourth-order valence-corrected chi connectivity index (χ4v) is 2.87. The summed E-state index contributed by atoms with van der Waals surface area (Å²) in [5, 5.41) is 22.1. The molecule has 3 atom stereocenters. The summed E-state index contributed by atoms with van der Waals surface area (Å²) in [5.41, 5.74) is 7.02. The maximum atomic E-state index is 9.92. The first-order valence-electron chi connectivity index (χ1n) is 6.60. The van der Waals surface area contributed by atoms with Gasteiger partial charge < -0.3 is 25.8 Å². The van der Waals surface area contributed by atoms with Crippen LogP contribution in [-0.2, 0) is 0 Å². The Morgan fingerprint density at radius 2 is 2.25 bits per heavy atom. The van der Waals surface area contributed by atoms with Crippen LogP contribution in [0.5, 0.6) is 0 Å². The molecule has 5 N–H and O–H groups in total. The second kappa shape index (κ2) is 4.88. The summed E-state index contributed by atoms with van der Waals surface area (Å²) in [4.78, 5) is 12.7. The van der Waals surface area contributed by atoms with Crippen LogP contribution in [0.2, 0.25) is 0 Å². The van der Waals surface area contributed by atoms with Crippen molar-refractivity contribution in [2.24, 2.45) is 5.92 Å². The van der Waals surface area contributed by atoms with Crippen molar-refractivity contribution in [3.8, 4) is 0 Å². The van der Waals surface area contributed by atoms with Crippen molar-refractivity contribution >= 4 is 22.9 Å². The number of aliphatic hydroxyl groups is 2. The molecule has 2 aromatic rings. The van der Waals surface area contributed by atoms with Gasteiger partial charge >= 0.3 is 0 Å². The molecule has 0 saturated heterocycles. The minimum absolute atomic E-state index is 0.0107. The number of fused-ring (bicyclic) bond motifs is 1. The summed E-state index contributed by atoms with van der Waals surface area (Å²) in [5.74, 6) is 0.671. The smallest absolute Gasteiger partial charge is 0.224 e. The van der Waals surface area contributed by atoms with E-state index in [1.54, 1.807) is 13.4 Å². The van der Waals surface area contributed by atoms with Gasteiger partial charge in [0.15, 0.2) is 17.0 Å². The molecule has 0 amide bonds. The molecule has 108 valence electrons. The third-order valence-electron chi connectivity index (χ3n) is 3.94. The van der Waals surface area contributed by atoms with E-state index in [0.717, 1.165) is 0 Å². The van der Waals surface area contributed by atoms with E-state index >= 15 is 0 Å². The fourth-order valence-electron chi connectivity index (χ4n) is 2.87. The number of hydrogen-bond acceptors (Lipinski definition) is 7. The number of imidazole rings is 1. The van der Waals surface area contributed by atoms with Crippen molar-refractivity contribution in [2.45, 2.75) is 25.0 Å². The van der Waals surface area contributed by atoms with Crippen molar-refractivity contribution in [2.75, 3.05) is 24.7 Å². The first-order chi connectivity index (χ1) is 9.63. The van der Waals surface area contributed by atoms with E-state index in [0.29, 0.717) is 29.8 Å². The van der Waals surface area contributed by atoms with Crippen LogP contribution in [0.1, 0.15) is 18.9 Å². The summed E-state index contributed by atoms with van der Waals surface area (Å²) in [6.07, 6.45) is 2.47. The zero-order valence-corrected chi connectivity index (χ0v) is 11.2. The number of anilines is 2. The zero-order chi connectivity index (χ0) is 14.3. The Balaban J connectivity index is 2.03. The van der Waals surface area contributed by atoms with Gasteiger partial charge in [0.25, 0.3) is 0 Å². The third-order valence-corrected chi connectivity index (χ3v) is 3.94. The van der Waals surface area contributed by atoms with Gasteiger partial charge in [0.2, 0.25) is 5.95 Å². The van der Waals surface area contributed by atoms with E-state index in [-0.39, 0.29) is 24.5 Å². The lowest BCUT2D eigenvalue weighted by Crippen LogP contribution is -2.16. The average molecular weight is 278 g/mol. The number of hydrogen-bond donors (Lipinski definition) is 4. The van der Waals surface area contributed by atoms with Crippen LogP contribution in [0.3, 0.4) is 0 Å². The van der Waals surface area contributed by atoms with Gasteiger partial charge in [-0.2, -0.15) is 9.97 Å². The van der Waals surface area contributed by atoms with Crippen molar-refractivity contribution in [3.63, 3.8) is 0 Å². The standard InChI is InChI=1S/C12H18N6O2/c1-14-10-9-11(17-12(13)16-10)18(5-15-9)7-2-6(4-19)8(20)3-7/h5-8,19-20H,2-4H2,1H3,(H3,13,14,16,17)/t6?,7-,8+/m1/s1. The van der Waals surface area contributed by atoms with Crippen molar-refractivity contribution in [3.05, 3.63) is 6.33 Å². The van der Waals surface area contributed by atoms with Crippen LogP contribution in [-0.4, -0.2) is 49.5 Å². The zero-order valence-electron chi connectivity index (χ0n) is 11.2. The Morgan fingerprint density at radius 3 is 2.90 bits per heavy atom. The van der Waals surface area contributed by atoms with Crippen molar-refractivity contribution in [1.29, 1.82) is 0 Å². The fraction of sp³-hybridized carbons (Fsp3) is 0.583. The molecule has 0 aromatic carbocycles. The van der Waals surface area contributed by atoms with Crippen LogP contribution in [0.15, 0.2) is 6.33 Å². The lowest BCUT2D eigenvalue weighted by molar-refractivity contribution is 0.0906. The topological polar surface area (TPSA) is 122 Å². The van der Waals surface area contributed by atoms with E-state index in [1.807, 2.05) is 4.57 Å². The molecule has 20 heavy (non-hydrogen) atoms.